The molecule has 2 aromatic carbocycles. The number of carbonyl (C=O) groups excluding carboxylic acids is 2. The standard InChI is InChI=1S/C27H33N3O4/c1-33-22-11-13-29(14-12-22)15-19-5-7-20(8-6-19)18-34-25-4-2-3-21-16-30(17-23(21)25)24-9-10-26(31)28-27(24)32/h2-8,22,24H,9-18H2,1H3,(H,28,31,32). The fourth-order valence-electron chi connectivity index (χ4n) is 5.27. The van der Waals surface area contributed by atoms with Crippen LogP contribution in [0.5, 0.6) is 5.75 Å². The van der Waals surface area contributed by atoms with E-state index in [1.165, 1.54) is 11.1 Å². The number of hydrogen-bond donors (Lipinski definition) is 1. The largest absolute Gasteiger partial charge is 0.489 e. The van der Waals surface area contributed by atoms with Gasteiger partial charge in [0.05, 0.1) is 12.1 Å². The van der Waals surface area contributed by atoms with Crippen molar-refractivity contribution in [2.45, 2.75) is 64.1 Å². The number of rotatable bonds is 7. The van der Waals surface area contributed by atoms with E-state index < -0.39 is 0 Å². The maximum absolute atomic E-state index is 12.3. The molecule has 0 bridgehead atoms. The highest BCUT2D eigenvalue weighted by atomic mass is 16.5. The highest BCUT2D eigenvalue weighted by Gasteiger charge is 2.35. The molecule has 7 nitrogen and oxygen atoms in total. The molecule has 0 saturated carbocycles. The summed E-state index contributed by atoms with van der Waals surface area (Å²) < 4.78 is 11.7. The Morgan fingerprint density at radius 3 is 2.47 bits per heavy atom. The summed E-state index contributed by atoms with van der Waals surface area (Å²) in [6.07, 6.45) is 3.58. The van der Waals surface area contributed by atoms with Crippen molar-refractivity contribution in [2.75, 3.05) is 20.2 Å². The van der Waals surface area contributed by atoms with E-state index in [4.69, 9.17) is 9.47 Å². The van der Waals surface area contributed by atoms with Crippen LogP contribution in [0.15, 0.2) is 42.5 Å². The molecular formula is C27H33N3O4. The summed E-state index contributed by atoms with van der Waals surface area (Å²) in [5.41, 5.74) is 4.79. The van der Waals surface area contributed by atoms with Gasteiger partial charge in [-0.1, -0.05) is 36.4 Å². The molecule has 1 atom stereocenters. The second kappa shape index (κ2) is 10.3. The number of benzene rings is 2. The van der Waals surface area contributed by atoms with Crippen LogP contribution in [0, 0.1) is 0 Å². The van der Waals surface area contributed by atoms with Crippen molar-refractivity contribution in [2.24, 2.45) is 0 Å². The van der Waals surface area contributed by atoms with Crippen molar-refractivity contribution in [3.05, 3.63) is 64.7 Å². The van der Waals surface area contributed by atoms with Gasteiger partial charge in [-0.15, -0.1) is 0 Å². The van der Waals surface area contributed by atoms with E-state index in [2.05, 4.69) is 45.4 Å². The molecule has 1 unspecified atom stereocenters. The van der Waals surface area contributed by atoms with Crippen molar-refractivity contribution in [1.82, 2.24) is 15.1 Å². The number of piperidine rings is 2. The van der Waals surface area contributed by atoms with Crippen LogP contribution in [0.1, 0.15) is 47.9 Å². The van der Waals surface area contributed by atoms with Crippen molar-refractivity contribution in [3.63, 3.8) is 0 Å². The van der Waals surface area contributed by atoms with E-state index in [9.17, 15) is 9.59 Å². The molecule has 2 saturated heterocycles. The van der Waals surface area contributed by atoms with Gasteiger partial charge in [-0.05, 0) is 42.0 Å². The Hall–Kier alpha value is -2.74. The van der Waals surface area contributed by atoms with Gasteiger partial charge in [0.1, 0.15) is 12.4 Å². The number of ether oxygens (including phenoxy) is 2. The summed E-state index contributed by atoms with van der Waals surface area (Å²) >= 11 is 0. The van der Waals surface area contributed by atoms with Crippen molar-refractivity contribution >= 4 is 11.8 Å². The molecular weight excluding hydrogens is 430 g/mol. The fraction of sp³-hybridized carbons (Fsp3) is 0.481. The molecule has 34 heavy (non-hydrogen) atoms. The Morgan fingerprint density at radius 2 is 1.74 bits per heavy atom. The summed E-state index contributed by atoms with van der Waals surface area (Å²) in [7, 11) is 1.80. The maximum atomic E-state index is 12.3. The highest BCUT2D eigenvalue weighted by molar-refractivity contribution is 6.00. The first-order valence-electron chi connectivity index (χ1n) is 12.2. The Morgan fingerprint density at radius 1 is 0.971 bits per heavy atom. The molecule has 3 heterocycles. The van der Waals surface area contributed by atoms with Gasteiger partial charge in [-0.3, -0.25) is 24.7 Å². The minimum Gasteiger partial charge on any atom is -0.489 e. The van der Waals surface area contributed by atoms with Gasteiger partial charge < -0.3 is 9.47 Å². The summed E-state index contributed by atoms with van der Waals surface area (Å²) in [6, 6.07) is 14.5. The normalized spacial score (nSPS) is 22.0. The minimum absolute atomic E-state index is 0.177. The topological polar surface area (TPSA) is 71.1 Å². The predicted octanol–water partition coefficient (Wildman–Crippen LogP) is 3.00. The van der Waals surface area contributed by atoms with Gasteiger partial charge in [-0.2, -0.15) is 0 Å². The number of hydrogen-bond acceptors (Lipinski definition) is 6. The van der Waals surface area contributed by atoms with Crippen LogP contribution in [0.25, 0.3) is 0 Å². The molecule has 2 amide bonds. The van der Waals surface area contributed by atoms with Gasteiger partial charge in [0.25, 0.3) is 0 Å². The van der Waals surface area contributed by atoms with Gasteiger partial charge in [0.2, 0.25) is 11.8 Å². The highest BCUT2D eigenvalue weighted by Crippen LogP contribution is 2.34. The van der Waals surface area contributed by atoms with Crippen LogP contribution in [0.4, 0.5) is 0 Å². The smallest absolute Gasteiger partial charge is 0.243 e. The van der Waals surface area contributed by atoms with E-state index in [1.807, 2.05) is 12.1 Å². The Labute approximate surface area is 201 Å². The molecule has 0 radical (unpaired) electrons. The van der Waals surface area contributed by atoms with Crippen LogP contribution in [0.3, 0.4) is 0 Å². The van der Waals surface area contributed by atoms with Crippen LogP contribution < -0.4 is 10.1 Å². The molecule has 3 aliphatic rings. The van der Waals surface area contributed by atoms with Crippen LogP contribution in [-0.4, -0.2) is 54.0 Å². The summed E-state index contributed by atoms with van der Waals surface area (Å²) in [6.45, 7) is 5.01. The second-order valence-corrected chi connectivity index (χ2v) is 9.58. The number of nitrogens with zero attached hydrogens (tertiary/aromatic N) is 2. The molecule has 0 aromatic heterocycles. The third-order valence-electron chi connectivity index (χ3n) is 7.31. The summed E-state index contributed by atoms with van der Waals surface area (Å²) in [4.78, 5) is 28.4. The first kappa shape index (κ1) is 23.0. The zero-order chi connectivity index (χ0) is 23.5. The van der Waals surface area contributed by atoms with Crippen molar-refractivity contribution in [3.8, 4) is 5.75 Å². The molecule has 7 heteroatoms. The molecule has 1 N–H and O–H groups in total. The zero-order valence-corrected chi connectivity index (χ0v) is 19.8. The van der Waals surface area contributed by atoms with E-state index >= 15 is 0 Å². The molecule has 0 spiro atoms. The third kappa shape index (κ3) is 5.17. The Kier molecular flexibility index (Phi) is 6.94. The van der Waals surface area contributed by atoms with Crippen LogP contribution >= 0.6 is 0 Å². The minimum atomic E-state index is -0.259. The lowest BCUT2D eigenvalue weighted by molar-refractivity contribution is -0.137. The zero-order valence-electron chi connectivity index (χ0n) is 19.8. The monoisotopic (exact) mass is 463 g/mol. The Bertz CT molecular complexity index is 1030. The number of carbonyl (C=O) groups is 2. The number of imide groups is 1. The van der Waals surface area contributed by atoms with E-state index in [1.54, 1.807) is 7.11 Å². The number of fused-ring (bicyclic) bond motifs is 1. The van der Waals surface area contributed by atoms with Gasteiger partial charge in [-0.25, -0.2) is 0 Å². The fourth-order valence-corrected chi connectivity index (χ4v) is 5.27. The summed E-state index contributed by atoms with van der Waals surface area (Å²) in [5.74, 6) is 0.510. The van der Waals surface area contributed by atoms with Gasteiger partial charge >= 0.3 is 0 Å². The average molecular weight is 464 g/mol. The van der Waals surface area contributed by atoms with E-state index in [0.717, 1.165) is 49.4 Å². The number of methoxy groups -OCH3 is 1. The molecule has 5 rings (SSSR count). The lowest BCUT2D eigenvalue weighted by Crippen LogP contribution is -2.50. The van der Waals surface area contributed by atoms with E-state index in [0.29, 0.717) is 38.6 Å². The first-order valence-corrected chi connectivity index (χ1v) is 12.2. The number of nitrogens with one attached hydrogen (secondary N) is 1. The van der Waals surface area contributed by atoms with Gasteiger partial charge in [0.15, 0.2) is 0 Å². The SMILES string of the molecule is COC1CCN(Cc2ccc(COc3cccc4c3CN(C3CCC(=O)NC3=O)C4)cc2)CC1. The number of likely N-dealkylation sites (tertiary alicyclic amines) is 1. The van der Waals surface area contributed by atoms with Gasteiger partial charge in [0, 0.05) is 51.8 Å². The third-order valence-corrected chi connectivity index (χ3v) is 7.31. The van der Waals surface area contributed by atoms with Crippen molar-refractivity contribution in [1.29, 1.82) is 0 Å². The van der Waals surface area contributed by atoms with Crippen LogP contribution in [0.2, 0.25) is 0 Å². The molecule has 180 valence electrons. The molecule has 2 aromatic rings. The van der Waals surface area contributed by atoms with E-state index in [-0.39, 0.29) is 17.9 Å². The first-order chi connectivity index (χ1) is 16.6. The lowest BCUT2D eigenvalue weighted by atomic mass is 10.0. The average Bonchev–Trinajstić information content (AvgIpc) is 3.29. The maximum Gasteiger partial charge on any atom is 0.243 e. The van der Waals surface area contributed by atoms with Crippen molar-refractivity contribution < 1.29 is 19.1 Å². The Balaban J connectivity index is 1.16. The summed E-state index contributed by atoms with van der Waals surface area (Å²) in [5, 5.41) is 2.47. The molecule has 0 aliphatic carbocycles. The lowest BCUT2D eigenvalue weighted by Gasteiger charge is -2.31. The quantitative estimate of drug-likeness (QED) is 0.637. The molecule has 3 aliphatic heterocycles. The molecule has 2 fully saturated rings. The van der Waals surface area contributed by atoms with Crippen LogP contribution in [-0.2, 0) is 40.6 Å². The predicted molar refractivity (Wildman–Crippen MR) is 128 cm³/mol. The number of amides is 2. The second-order valence-electron chi connectivity index (χ2n) is 9.58.